The molecule has 0 fully saturated rings. The van der Waals surface area contributed by atoms with Crippen LogP contribution >= 0.6 is 22.9 Å². The van der Waals surface area contributed by atoms with Crippen LogP contribution in [0.15, 0.2) is 12.1 Å². The van der Waals surface area contributed by atoms with Crippen LogP contribution < -0.4 is 11.1 Å². The van der Waals surface area contributed by atoms with E-state index in [1.54, 1.807) is 0 Å². The first kappa shape index (κ1) is 12.5. The van der Waals surface area contributed by atoms with Gasteiger partial charge in [-0.25, -0.2) is 0 Å². The predicted molar refractivity (Wildman–Crippen MR) is 64.2 cm³/mol. The van der Waals surface area contributed by atoms with E-state index in [1.807, 2.05) is 26.0 Å². The summed E-state index contributed by atoms with van der Waals surface area (Å²) in [6.45, 7) is 3.80. The van der Waals surface area contributed by atoms with E-state index >= 15 is 0 Å². The highest BCUT2D eigenvalue weighted by Gasteiger charge is 2.15. The van der Waals surface area contributed by atoms with Crippen LogP contribution in [0.25, 0.3) is 0 Å². The second-order valence-electron chi connectivity index (χ2n) is 3.39. The summed E-state index contributed by atoms with van der Waals surface area (Å²) in [5.74, 6) is -0.116. The van der Waals surface area contributed by atoms with Gasteiger partial charge in [-0.3, -0.25) is 4.79 Å². The smallest absolute Gasteiger partial charge is 0.237 e. The van der Waals surface area contributed by atoms with E-state index in [9.17, 15) is 4.79 Å². The third-order valence-corrected chi connectivity index (χ3v) is 3.57. The Morgan fingerprint density at radius 2 is 2.33 bits per heavy atom. The molecule has 3 N–H and O–H groups in total. The zero-order chi connectivity index (χ0) is 11.4. The number of nitrogens with two attached hydrogens (primary N) is 1. The quantitative estimate of drug-likeness (QED) is 0.857. The third-order valence-electron chi connectivity index (χ3n) is 2.16. The number of halogens is 1. The van der Waals surface area contributed by atoms with Crippen LogP contribution in [-0.2, 0) is 4.79 Å². The Morgan fingerprint density at radius 1 is 1.67 bits per heavy atom. The maximum atomic E-state index is 11.5. The van der Waals surface area contributed by atoms with Crippen molar-refractivity contribution < 1.29 is 4.79 Å². The molecule has 1 aromatic heterocycles. The van der Waals surface area contributed by atoms with Crippen LogP contribution in [-0.4, -0.2) is 11.9 Å². The summed E-state index contributed by atoms with van der Waals surface area (Å²) in [7, 11) is 0. The molecule has 0 aliphatic rings. The van der Waals surface area contributed by atoms with E-state index in [4.69, 9.17) is 17.3 Å². The number of rotatable bonds is 4. The maximum absolute atomic E-state index is 11.5. The van der Waals surface area contributed by atoms with Crippen molar-refractivity contribution in [2.45, 2.75) is 32.4 Å². The van der Waals surface area contributed by atoms with Crippen molar-refractivity contribution >= 4 is 28.8 Å². The van der Waals surface area contributed by atoms with Crippen molar-refractivity contribution in [3.8, 4) is 0 Å². The van der Waals surface area contributed by atoms with Crippen molar-refractivity contribution in [2.24, 2.45) is 5.73 Å². The molecule has 1 amide bonds. The van der Waals surface area contributed by atoms with Crippen molar-refractivity contribution in [1.82, 2.24) is 5.32 Å². The minimum Gasteiger partial charge on any atom is -0.347 e. The third kappa shape index (κ3) is 3.48. The fourth-order valence-corrected chi connectivity index (χ4v) is 2.20. The fourth-order valence-electron chi connectivity index (χ4n) is 1.14. The molecule has 5 heteroatoms. The first-order valence-electron chi connectivity index (χ1n) is 4.85. The highest BCUT2D eigenvalue weighted by Crippen LogP contribution is 2.26. The summed E-state index contributed by atoms with van der Waals surface area (Å²) in [6.07, 6.45) is 0.643. The van der Waals surface area contributed by atoms with Gasteiger partial charge in [0, 0.05) is 4.88 Å². The first-order chi connectivity index (χ1) is 7.04. The van der Waals surface area contributed by atoms with Crippen LogP contribution in [0.5, 0.6) is 0 Å². The van der Waals surface area contributed by atoms with Gasteiger partial charge in [0.15, 0.2) is 0 Å². The van der Waals surface area contributed by atoms with Gasteiger partial charge in [0.2, 0.25) is 5.91 Å². The summed E-state index contributed by atoms with van der Waals surface area (Å²) in [5, 5.41) is 2.85. The van der Waals surface area contributed by atoms with E-state index in [0.717, 1.165) is 9.21 Å². The largest absolute Gasteiger partial charge is 0.347 e. The molecule has 2 atom stereocenters. The van der Waals surface area contributed by atoms with Crippen LogP contribution in [0.2, 0.25) is 4.34 Å². The van der Waals surface area contributed by atoms with Gasteiger partial charge in [0.25, 0.3) is 0 Å². The van der Waals surface area contributed by atoms with Crippen LogP contribution in [0.1, 0.15) is 31.2 Å². The van der Waals surface area contributed by atoms with Gasteiger partial charge < -0.3 is 11.1 Å². The lowest BCUT2D eigenvalue weighted by molar-refractivity contribution is -0.123. The van der Waals surface area contributed by atoms with E-state index in [0.29, 0.717) is 6.42 Å². The fraction of sp³-hybridized carbons (Fsp3) is 0.500. The zero-order valence-electron chi connectivity index (χ0n) is 8.79. The monoisotopic (exact) mass is 246 g/mol. The number of hydrogen-bond donors (Lipinski definition) is 2. The molecule has 84 valence electrons. The molecule has 1 aromatic rings. The summed E-state index contributed by atoms with van der Waals surface area (Å²) >= 11 is 7.28. The van der Waals surface area contributed by atoms with Gasteiger partial charge >= 0.3 is 0 Å². The number of carbonyl (C=O) groups is 1. The molecule has 0 radical (unpaired) electrons. The van der Waals surface area contributed by atoms with Crippen molar-refractivity contribution in [2.75, 3.05) is 0 Å². The molecule has 0 saturated heterocycles. The molecule has 15 heavy (non-hydrogen) atoms. The number of carbonyl (C=O) groups excluding carboxylic acids is 1. The first-order valence-corrected chi connectivity index (χ1v) is 6.05. The molecule has 0 aromatic carbocycles. The molecule has 0 aliphatic carbocycles. The van der Waals surface area contributed by atoms with Crippen LogP contribution in [0.3, 0.4) is 0 Å². The lowest BCUT2D eigenvalue weighted by atomic mass is 10.2. The molecular formula is C10H15ClN2OS. The van der Waals surface area contributed by atoms with E-state index < -0.39 is 6.04 Å². The molecule has 1 heterocycles. The number of hydrogen-bond acceptors (Lipinski definition) is 3. The molecule has 3 nitrogen and oxygen atoms in total. The number of nitrogens with one attached hydrogen (secondary N) is 1. The lowest BCUT2D eigenvalue weighted by Crippen LogP contribution is -2.40. The van der Waals surface area contributed by atoms with Gasteiger partial charge in [0.05, 0.1) is 16.4 Å². The number of thiophene rings is 1. The Bertz CT molecular complexity index is 340. The zero-order valence-corrected chi connectivity index (χ0v) is 10.4. The molecule has 0 aliphatic heterocycles. The Hall–Kier alpha value is -0.580. The van der Waals surface area contributed by atoms with Crippen molar-refractivity contribution in [3.63, 3.8) is 0 Å². The maximum Gasteiger partial charge on any atom is 0.237 e. The Labute approximate surface area is 98.6 Å². The average Bonchev–Trinajstić information content (AvgIpc) is 2.63. The van der Waals surface area contributed by atoms with Gasteiger partial charge in [-0.2, -0.15) is 0 Å². The Balaban J connectivity index is 2.56. The van der Waals surface area contributed by atoms with Crippen LogP contribution in [0, 0.1) is 0 Å². The molecule has 0 spiro atoms. The molecule has 0 unspecified atom stereocenters. The molecule has 0 bridgehead atoms. The van der Waals surface area contributed by atoms with Gasteiger partial charge in [-0.1, -0.05) is 18.5 Å². The van der Waals surface area contributed by atoms with E-state index in [2.05, 4.69) is 5.32 Å². The highest BCUT2D eigenvalue weighted by molar-refractivity contribution is 7.16. The summed E-state index contributed by atoms with van der Waals surface area (Å²) in [5.41, 5.74) is 5.61. The van der Waals surface area contributed by atoms with E-state index in [-0.39, 0.29) is 11.9 Å². The Kier molecular flexibility index (Phi) is 4.57. The topological polar surface area (TPSA) is 55.1 Å². The molecule has 0 saturated carbocycles. The predicted octanol–water partition coefficient (Wildman–Crippen LogP) is 2.32. The van der Waals surface area contributed by atoms with E-state index in [1.165, 1.54) is 11.3 Å². The molecule has 1 rings (SSSR count). The highest BCUT2D eigenvalue weighted by atomic mass is 35.5. The lowest BCUT2D eigenvalue weighted by Gasteiger charge is -2.15. The molecular weight excluding hydrogens is 232 g/mol. The standard InChI is InChI=1S/C10H15ClN2OS/c1-3-7(12)10(14)13-6(2)8-4-5-9(11)15-8/h4-7H,3,12H2,1-2H3,(H,13,14)/t6-,7+/m0/s1. The van der Waals surface area contributed by atoms with Gasteiger partial charge in [-0.15, -0.1) is 11.3 Å². The Morgan fingerprint density at radius 3 is 2.80 bits per heavy atom. The minimum atomic E-state index is -0.428. The van der Waals surface area contributed by atoms with Crippen molar-refractivity contribution in [1.29, 1.82) is 0 Å². The second kappa shape index (κ2) is 5.49. The summed E-state index contributed by atoms with van der Waals surface area (Å²) < 4.78 is 0.728. The summed E-state index contributed by atoms with van der Waals surface area (Å²) in [4.78, 5) is 12.5. The average molecular weight is 247 g/mol. The minimum absolute atomic E-state index is 0.0346. The second-order valence-corrected chi connectivity index (χ2v) is 5.13. The van der Waals surface area contributed by atoms with Crippen molar-refractivity contribution in [3.05, 3.63) is 21.3 Å². The normalized spacial score (nSPS) is 14.7. The summed E-state index contributed by atoms with van der Waals surface area (Å²) in [6, 6.07) is 3.27. The van der Waals surface area contributed by atoms with Crippen LogP contribution in [0.4, 0.5) is 0 Å². The van der Waals surface area contributed by atoms with Gasteiger partial charge in [-0.05, 0) is 25.5 Å². The van der Waals surface area contributed by atoms with Gasteiger partial charge in [0.1, 0.15) is 0 Å². The number of amides is 1. The SMILES string of the molecule is CC[C@@H](N)C(=O)N[C@@H](C)c1ccc(Cl)s1.